The highest BCUT2D eigenvalue weighted by molar-refractivity contribution is 8.00. The molecule has 4 rings (SSSR count). The number of thiazole rings is 1. The van der Waals surface area contributed by atoms with Gasteiger partial charge in [0.1, 0.15) is 4.34 Å². The van der Waals surface area contributed by atoms with Crippen LogP contribution in [0.4, 0.5) is 0 Å². The third-order valence-electron chi connectivity index (χ3n) is 8.50. The van der Waals surface area contributed by atoms with E-state index in [-0.39, 0.29) is 0 Å². The van der Waals surface area contributed by atoms with Gasteiger partial charge >= 0.3 is 0 Å². The lowest BCUT2D eigenvalue weighted by Crippen LogP contribution is -2.18. The Kier molecular flexibility index (Phi) is 10.9. The van der Waals surface area contributed by atoms with Crippen molar-refractivity contribution in [1.82, 2.24) is 4.98 Å². The predicted octanol–water partition coefficient (Wildman–Crippen LogP) is 9.89. The molecule has 3 aromatic rings. The van der Waals surface area contributed by atoms with Gasteiger partial charge < -0.3 is 0 Å². The van der Waals surface area contributed by atoms with Crippen LogP contribution in [0.25, 0.3) is 11.3 Å². The summed E-state index contributed by atoms with van der Waals surface area (Å²) in [6.07, 6.45) is 15.9. The van der Waals surface area contributed by atoms with Gasteiger partial charge in [-0.05, 0) is 116 Å². The summed E-state index contributed by atoms with van der Waals surface area (Å²) >= 11 is 3.47. The first-order valence-corrected chi connectivity index (χ1v) is 16.9. The second-order valence-electron chi connectivity index (χ2n) is 11.1. The molecule has 0 fully saturated rings. The van der Waals surface area contributed by atoms with Crippen LogP contribution in [-0.2, 0) is 38.5 Å². The maximum atomic E-state index is 9.40. The molecular formula is C35H44N2S2. The van der Waals surface area contributed by atoms with E-state index in [4.69, 9.17) is 4.98 Å². The van der Waals surface area contributed by atoms with Crippen molar-refractivity contribution in [1.29, 1.82) is 5.26 Å². The first-order chi connectivity index (χ1) is 19.0. The predicted molar refractivity (Wildman–Crippen MR) is 170 cm³/mol. The molecule has 206 valence electrons. The number of hydrogen-bond acceptors (Lipinski definition) is 4. The van der Waals surface area contributed by atoms with Crippen LogP contribution >= 0.6 is 23.1 Å². The topological polar surface area (TPSA) is 36.7 Å². The zero-order chi connectivity index (χ0) is 27.8. The molecule has 1 aromatic heterocycles. The van der Waals surface area contributed by atoms with Gasteiger partial charge in [0.25, 0.3) is 0 Å². The quantitative estimate of drug-likeness (QED) is 0.119. The first-order valence-electron chi connectivity index (χ1n) is 14.8. The average molecular weight is 557 g/mol. The Bertz CT molecular complexity index is 1330. The van der Waals surface area contributed by atoms with Crippen LogP contribution in [-0.4, -0.2) is 11.2 Å². The first kappa shape index (κ1) is 29.6. The maximum absolute atomic E-state index is 9.40. The number of hydrogen-bond donors (Lipinski definition) is 0. The van der Waals surface area contributed by atoms with Crippen molar-refractivity contribution in [3.63, 3.8) is 0 Å². The number of rotatable bonds is 13. The number of thioether (sulfide) groups is 1. The average Bonchev–Trinajstić information content (AvgIpc) is 3.44. The summed E-state index contributed by atoms with van der Waals surface area (Å²) in [5.74, 6) is 0.323. The van der Waals surface area contributed by atoms with E-state index < -0.39 is 0 Å². The van der Waals surface area contributed by atoms with Gasteiger partial charge in [0.05, 0.1) is 11.8 Å². The molecule has 4 heteroatoms. The number of aromatic nitrogens is 1. The van der Waals surface area contributed by atoms with Crippen LogP contribution in [0.3, 0.4) is 0 Å². The molecule has 1 heterocycles. The highest BCUT2D eigenvalue weighted by Gasteiger charge is 2.24. The largest absolute Gasteiger partial charge is 0.230 e. The number of allylic oxidation sites excluding steroid dienone is 1. The van der Waals surface area contributed by atoms with E-state index in [0.717, 1.165) is 60.6 Å². The van der Waals surface area contributed by atoms with E-state index in [1.807, 2.05) is 0 Å². The summed E-state index contributed by atoms with van der Waals surface area (Å²) in [5, 5.41) is 11.6. The second kappa shape index (κ2) is 14.3. The maximum Gasteiger partial charge on any atom is 0.150 e. The van der Waals surface area contributed by atoms with Gasteiger partial charge in [0.15, 0.2) is 0 Å². The van der Waals surface area contributed by atoms with E-state index in [9.17, 15) is 5.26 Å². The minimum Gasteiger partial charge on any atom is -0.230 e. The number of aryl methyl sites for hydroxylation is 3. The molecule has 39 heavy (non-hydrogen) atoms. The van der Waals surface area contributed by atoms with Crippen LogP contribution in [0.15, 0.2) is 46.1 Å². The van der Waals surface area contributed by atoms with Crippen molar-refractivity contribution in [3.05, 3.63) is 80.7 Å². The van der Waals surface area contributed by atoms with Gasteiger partial charge in [-0.2, -0.15) is 5.26 Å². The lowest BCUT2D eigenvalue weighted by Gasteiger charge is -2.28. The van der Waals surface area contributed by atoms with Gasteiger partial charge in [-0.3, -0.25) is 0 Å². The Morgan fingerprint density at radius 1 is 1.03 bits per heavy atom. The Labute approximate surface area is 245 Å². The Morgan fingerprint density at radius 2 is 1.72 bits per heavy atom. The molecule has 2 nitrogen and oxygen atoms in total. The van der Waals surface area contributed by atoms with E-state index >= 15 is 0 Å². The van der Waals surface area contributed by atoms with Crippen LogP contribution in [0.5, 0.6) is 0 Å². The molecule has 1 atom stereocenters. The van der Waals surface area contributed by atoms with Crippen LogP contribution in [0.2, 0.25) is 0 Å². The SMILES string of the molecule is C=C(C#N)C1CCc2ccc(CCCCCc3ccc(-c4csc(SC)n4)c(C)c3CCC)c(CCC)c2C1. The van der Waals surface area contributed by atoms with Gasteiger partial charge in [-0.25, -0.2) is 4.98 Å². The molecule has 2 aromatic carbocycles. The molecule has 0 radical (unpaired) electrons. The minimum atomic E-state index is 0.323. The zero-order valence-corrected chi connectivity index (χ0v) is 26.0. The molecule has 1 unspecified atom stereocenters. The van der Waals surface area contributed by atoms with Crippen molar-refractivity contribution in [2.75, 3.05) is 6.26 Å². The molecule has 0 bridgehead atoms. The molecule has 1 aliphatic carbocycles. The fourth-order valence-corrected chi connectivity index (χ4v) is 7.61. The van der Waals surface area contributed by atoms with Crippen molar-refractivity contribution < 1.29 is 0 Å². The van der Waals surface area contributed by atoms with E-state index in [2.05, 4.69) is 69.3 Å². The molecular weight excluding hydrogens is 513 g/mol. The summed E-state index contributed by atoms with van der Waals surface area (Å²) in [4.78, 5) is 4.83. The second-order valence-corrected chi connectivity index (χ2v) is 13.0. The zero-order valence-electron chi connectivity index (χ0n) is 24.4. The number of nitriles is 1. The number of unbranched alkanes of at least 4 members (excludes halogenated alkanes) is 2. The highest BCUT2D eigenvalue weighted by Crippen LogP contribution is 2.35. The van der Waals surface area contributed by atoms with Gasteiger partial charge in [0, 0.05) is 16.5 Å². The third-order valence-corrected chi connectivity index (χ3v) is 10.4. The molecule has 0 saturated heterocycles. The summed E-state index contributed by atoms with van der Waals surface area (Å²) in [5.41, 5.74) is 13.8. The summed E-state index contributed by atoms with van der Waals surface area (Å²) < 4.78 is 1.14. The molecule has 1 aliphatic rings. The minimum absolute atomic E-state index is 0.323. The lowest BCUT2D eigenvalue weighted by atomic mass is 9.76. The summed E-state index contributed by atoms with van der Waals surface area (Å²) in [6, 6.07) is 11.8. The Balaban J connectivity index is 1.40. The Hall–Kier alpha value is -2.35. The molecule has 0 aliphatic heterocycles. The highest BCUT2D eigenvalue weighted by atomic mass is 32.2. The van der Waals surface area contributed by atoms with Crippen molar-refractivity contribution >= 4 is 23.1 Å². The number of benzene rings is 2. The fraction of sp³-hybridized carbons (Fsp3) is 0.486. The van der Waals surface area contributed by atoms with Gasteiger partial charge in [0.2, 0.25) is 0 Å². The summed E-state index contributed by atoms with van der Waals surface area (Å²) in [6.45, 7) is 10.9. The van der Waals surface area contributed by atoms with Crippen LogP contribution < -0.4 is 0 Å². The molecule has 0 saturated carbocycles. The molecule has 0 N–H and O–H groups in total. The van der Waals surface area contributed by atoms with Crippen molar-refractivity contribution in [2.45, 2.75) is 102 Å². The Morgan fingerprint density at radius 3 is 2.38 bits per heavy atom. The molecule has 0 amide bonds. The van der Waals surface area contributed by atoms with E-state index in [0.29, 0.717) is 5.92 Å². The smallest absolute Gasteiger partial charge is 0.150 e. The van der Waals surface area contributed by atoms with E-state index in [1.165, 1.54) is 59.9 Å². The number of nitrogens with zero attached hydrogens (tertiary/aromatic N) is 2. The normalized spacial score (nSPS) is 14.7. The lowest BCUT2D eigenvalue weighted by molar-refractivity contribution is 0.533. The van der Waals surface area contributed by atoms with Crippen molar-refractivity contribution in [2.24, 2.45) is 5.92 Å². The summed E-state index contributed by atoms with van der Waals surface area (Å²) in [7, 11) is 0. The molecule has 0 spiro atoms. The standard InChI is InChI=1S/C35H44N2S2/c1-6-11-30-25(4)31(34-23-39-35(37-34)38-5)20-19-26(30)13-9-8-10-14-27-15-16-28-17-18-29(24(3)22-36)21-33(28)32(27)12-7-2/h15-16,19-20,23,29H,3,6-14,17-18,21H2,1-2,4-5H3. The number of fused-ring (bicyclic) bond motifs is 1. The van der Waals surface area contributed by atoms with Crippen LogP contribution in [0, 0.1) is 24.2 Å². The third kappa shape index (κ3) is 7.05. The van der Waals surface area contributed by atoms with Gasteiger partial charge in [-0.15, -0.1) is 11.3 Å². The van der Waals surface area contributed by atoms with E-state index in [1.54, 1.807) is 39.8 Å². The van der Waals surface area contributed by atoms with Crippen LogP contribution in [0.1, 0.15) is 91.3 Å². The van der Waals surface area contributed by atoms with Gasteiger partial charge in [-0.1, -0.05) is 75.7 Å². The van der Waals surface area contributed by atoms with Crippen molar-refractivity contribution in [3.8, 4) is 17.3 Å². The fourth-order valence-electron chi connectivity index (χ4n) is 6.35. The monoisotopic (exact) mass is 556 g/mol.